The molecule has 64 heavy (non-hydrogen) atoms. The molecule has 0 N–H and O–H groups in total. The van der Waals surface area contributed by atoms with Gasteiger partial charge in [0.1, 0.15) is 0 Å². The van der Waals surface area contributed by atoms with Gasteiger partial charge in [-0.3, -0.25) is 0 Å². The van der Waals surface area contributed by atoms with Crippen molar-refractivity contribution >= 4 is 0 Å². The summed E-state index contributed by atoms with van der Waals surface area (Å²) in [5.41, 5.74) is 0.570. The molecule has 0 spiro atoms. The molecular formula is C58H132F6. The first kappa shape index (κ1) is 80.6. The van der Waals surface area contributed by atoms with Gasteiger partial charge in [0.2, 0.25) is 0 Å². The van der Waals surface area contributed by atoms with Crippen molar-refractivity contribution < 1.29 is 30.5 Å². The Morgan fingerprint density at radius 3 is 0.812 bits per heavy atom. The summed E-state index contributed by atoms with van der Waals surface area (Å²) in [6, 6.07) is 0. The molecule has 0 aromatic carbocycles. The average molecular weight is 947 g/mol. The number of hydrogen-bond acceptors (Lipinski definition) is 0. The normalized spacial score (nSPS) is 13.7. The minimum atomic E-state index is -3.99. The highest BCUT2D eigenvalue weighted by molar-refractivity contribution is 4.76. The van der Waals surface area contributed by atoms with Gasteiger partial charge < -0.3 is 0 Å². The van der Waals surface area contributed by atoms with E-state index in [0.29, 0.717) is 18.3 Å². The van der Waals surface area contributed by atoms with Crippen LogP contribution in [0.15, 0.2) is 0 Å². The van der Waals surface area contributed by atoms with Gasteiger partial charge in [0.05, 0.1) is 11.8 Å². The second kappa shape index (κ2) is 71.6. The molecular weight excluding hydrogens is 811 g/mol. The summed E-state index contributed by atoms with van der Waals surface area (Å²) in [5, 5.41) is 0. The van der Waals surface area contributed by atoms with Crippen LogP contribution in [-0.4, -0.2) is 12.4 Å². The number of alkyl halides is 6. The molecule has 1 aliphatic carbocycles. The Balaban J connectivity index is -0.0000000580. The SMILES string of the molecule is CC.CC(C)(C)C1CCCCC1.CC(C)C.CCC.CCC(C)C.CCC(C)C(F)(F)F.CCCC.CCCC(C)C.CCCC(C)C(F)(F)F.CCCCC.[2H]C(C)(C)C.[2H]C([2H])(C)CC. The second-order valence-electron chi connectivity index (χ2n) is 19.8. The van der Waals surface area contributed by atoms with Crippen molar-refractivity contribution in [3.63, 3.8) is 0 Å². The fourth-order valence-corrected chi connectivity index (χ4v) is 3.73. The smallest absolute Gasteiger partial charge is 0.171 e. The van der Waals surface area contributed by atoms with Crippen LogP contribution < -0.4 is 0 Å². The molecule has 0 nitrogen and oxygen atoms in total. The first-order valence-electron chi connectivity index (χ1n) is 28.3. The van der Waals surface area contributed by atoms with E-state index in [4.69, 9.17) is 4.11 Å². The topological polar surface area (TPSA) is 0 Å². The highest BCUT2D eigenvalue weighted by Gasteiger charge is 2.35. The van der Waals surface area contributed by atoms with E-state index >= 15 is 0 Å². The zero-order valence-corrected chi connectivity index (χ0v) is 50.0. The van der Waals surface area contributed by atoms with E-state index in [9.17, 15) is 26.3 Å². The fraction of sp³-hybridized carbons (Fsp3) is 1.00. The van der Waals surface area contributed by atoms with Crippen LogP contribution in [0, 0.1) is 46.8 Å². The molecule has 0 heterocycles. The number of rotatable bonds is 10. The molecule has 406 valence electrons. The summed E-state index contributed by atoms with van der Waals surface area (Å²) in [6.07, 6.45) is 12.0. The largest absolute Gasteiger partial charge is 0.391 e. The van der Waals surface area contributed by atoms with Crippen molar-refractivity contribution in [3.05, 3.63) is 0 Å². The van der Waals surface area contributed by atoms with Crippen LogP contribution in [-0.2, 0) is 0 Å². The third kappa shape index (κ3) is 144. The Morgan fingerprint density at radius 1 is 0.469 bits per heavy atom. The highest BCUT2D eigenvalue weighted by atomic mass is 19.4. The predicted octanol–water partition coefficient (Wildman–Crippen LogP) is 25.3. The first-order valence-corrected chi connectivity index (χ1v) is 26.8. The monoisotopic (exact) mass is 946 g/mol. The fourth-order valence-electron chi connectivity index (χ4n) is 3.73. The Labute approximate surface area is 411 Å². The van der Waals surface area contributed by atoms with Crippen LogP contribution in [0.2, 0.25) is 0 Å². The van der Waals surface area contributed by atoms with Gasteiger partial charge in [-0.05, 0) is 60.7 Å². The Bertz CT molecular complexity index is 772. The second-order valence-corrected chi connectivity index (χ2v) is 19.8. The van der Waals surface area contributed by atoms with E-state index in [0.717, 1.165) is 23.7 Å². The van der Waals surface area contributed by atoms with E-state index in [-0.39, 0.29) is 18.7 Å². The van der Waals surface area contributed by atoms with Crippen LogP contribution >= 0.6 is 0 Å². The Kier molecular flexibility index (Phi) is 90.1. The maximum atomic E-state index is 11.6. The van der Waals surface area contributed by atoms with Gasteiger partial charge in [-0.1, -0.05) is 297 Å². The lowest BCUT2D eigenvalue weighted by atomic mass is 9.72. The van der Waals surface area contributed by atoms with Crippen molar-refractivity contribution in [3.8, 4) is 0 Å². The summed E-state index contributed by atoms with van der Waals surface area (Å²) < 4.78 is 89.9. The summed E-state index contributed by atoms with van der Waals surface area (Å²) in [4.78, 5) is 0. The molecule has 0 aliphatic heterocycles. The van der Waals surface area contributed by atoms with E-state index in [1.54, 1.807) is 13.8 Å². The predicted molar refractivity (Wildman–Crippen MR) is 291 cm³/mol. The molecule has 2 unspecified atom stereocenters. The summed E-state index contributed by atoms with van der Waals surface area (Å²) >= 11 is 0. The lowest BCUT2D eigenvalue weighted by Crippen LogP contribution is -2.22. The molecule has 2 atom stereocenters. The summed E-state index contributed by atoms with van der Waals surface area (Å²) in [5.74, 6) is 1.08. The zero-order chi connectivity index (χ0) is 56.7. The summed E-state index contributed by atoms with van der Waals surface area (Å²) in [6.45, 7) is 58.7. The maximum Gasteiger partial charge on any atom is 0.391 e. The van der Waals surface area contributed by atoms with E-state index in [1.807, 2.05) is 41.5 Å². The van der Waals surface area contributed by atoms with Gasteiger partial charge in [0, 0.05) is 4.11 Å². The average Bonchev–Trinajstić information content (AvgIpc) is 3.19. The quantitative estimate of drug-likeness (QED) is 0.192. The minimum absolute atomic E-state index is 0.170. The van der Waals surface area contributed by atoms with E-state index in [1.165, 1.54) is 111 Å². The van der Waals surface area contributed by atoms with Crippen molar-refractivity contribution in [2.24, 2.45) is 46.8 Å². The molecule has 0 bridgehead atoms. The minimum Gasteiger partial charge on any atom is -0.171 e. The summed E-state index contributed by atoms with van der Waals surface area (Å²) in [7, 11) is 0. The molecule has 0 aromatic rings. The van der Waals surface area contributed by atoms with Crippen molar-refractivity contribution in [1.82, 2.24) is 0 Å². The number of unbranched alkanes of at least 4 members (excludes halogenated alkanes) is 3. The van der Waals surface area contributed by atoms with Crippen LogP contribution in [0.4, 0.5) is 26.3 Å². The third-order valence-corrected chi connectivity index (χ3v) is 8.52. The van der Waals surface area contributed by atoms with E-state index in [2.05, 4.69) is 125 Å². The first-order chi connectivity index (χ1) is 30.1. The number of hydrogen-bond donors (Lipinski definition) is 0. The molecule has 1 saturated carbocycles. The van der Waals surface area contributed by atoms with Gasteiger partial charge >= 0.3 is 12.4 Å². The van der Waals surface area contributed by atoms with Crippen LogP contribution in [0.1, 0.15) is 327 Å². The molecule has 0 aromatic heterocycles. The molecule has 6 heteroatoms. The highest BCUT2D eigenvalue weighted by Crippen LogP contribution is 2.37. The van der Waals surface area contributed by atoms with Crippen LogP contribution in [0.5, 0.6) is 0 Å². The Morgan fingerprint density at radius 2 is 0.750 bits per heavy atom. The van der Waals surface area contributed by atoms with Crippen LogP contribution in [0.25, 0.3) is 0 Å². The molecule has 1 fully saturated rings. The maximum absolute atomic E-state index is 11.6. The van der Waals surface area contributed by atoms with Gasteiger partial charge in [-0.2, -0.15) is 26.3 Å². The van der Waals surface area contributed by atoms with Crippen molar-refractivity contribution in [1.29, 1.82) is 0 Å². The lowest BCUT2D eigenvalue weighted by molar-refractivity contribution is -0.171. The third-order valence-electron chi connectivity index (χ3n) is 8.52. The molecule has 0 radical (unpaired) electrons. The van der Waals surface area contributed by atoms with Gasteiger partial charge in [-0.25, -0.2) is 0 Å². The molecule has 0 amide bonds. The van der Waals surface area contributed by atoms with Crippen LogP contribution in [0.3, 0.4) is 0 Å². The molecule has 1 aliphatic rings. The molecule has 0 saturated heterocycles. The van der Waals surface area contributed by atoms with Crippen molar-refractivity contribution in [2.75, 3.05) is 0 Å². The zero-order valence-electron chi connectivity index (χ0n) is 53.0. The standard InChI is InChI=1S/C10H20.C6H11F3.C6H14.C5H9F3.2C5H12.4C4H10.C3H8.C2H6/c1-10(2,3)9-7-5-4-6-8-9;1-3-4-5(2)6(7,8)9;1-4-5-6(2)3;1-3-4(2)5(6,7)8;1-4-5(2)3;1-3-5-4-2;2*1-4(2)3;2*1-3-4-2;1-3-2;1-2/h9H,4-8H2,1-3H3;5H,3-4H2,1-2H3;6H,4-5H2,1-3H3;4H,3H2,1-2H3;5H,4H2,1-3H3;3-5H2,1-2H3;2*4H,1-3H3;2*3-4H2,1-2H3;3H2,1-2H3;1-2H3/i;;;;;;4D;;3D2;;;. The van der Waals surface area contributed by atoms with Gasteiger partial charge in [0.15, 0.2) is 0 Å². The lowest BCUT2D eigenvalue weighted by Gasteiger charge is -2.33. The van der Waals surface area contributed by atoms with Gasteiger partial charge in [-0.15, -0.1) is 0 Å². The molecule has 1 rings (SSSR count). The number of halogens is 6. The van der Waals surface area contributed by atoms with Gasteiger partial charge in [0.25, 0.3) is 0 Å². The Hall–Kier alpha value is -0.420. The van der Waals surface area contributed by atoms with E-state index < -0.39 is 30.6 Å². The van der Waals surface area contributed by atoms with Crippen molar-refractivity contribution in [2.45, 2.75) is 335 Å².